The highest BCUT2D eigenvalue weighted by atomic mass is 16.1. The Hall–Kier alpha value is -2.21. The lowest BCUT2D eigenvalue weighted by Crippen LogP contribution is -2.16. The van der Waals surface area contributed by atoms with Crippen LogP contribution in [0.1, 0.15) is 19.3 Å². The number of rotatable bonds is 5. The highest BCUT2D eigenvalue weighted by Gasteiger charge is 2.16. The Morgan fingerprint density at radius 3 is 3.10 bits per heavy atom. The predicted octanol–water partition coefficient (Wildman–Crippen LogP) is 1.60. The van der Waals surface area contributed by atoms with Gasteiger partial charge in [-0.05, 0) is 44.0 Å². The van der Waals surface area contributed by atoms with E-state index in [0.29, 0.717) is 12.3 Å². The molecular formula is C15H19N5O. The van der Waals surface area contributed by atoms with Gasteiger partial charge in [0.15, 0.2) is 0 Å². The van der Waals surface area contributed by atoms with Crippen molar-refractivity contribution in [2.75, 3.05) is 18.4 Å². The summed E-state index contributed by atoms with van der Waals surface area (Å²) in [6.45, 7) is 2.10. The summed E-state index contributed by atoms with van der Waals surface area (Å²) in [5, 5.41) is 10.4. The van der Waals surface area contributed by atoms with Crippen LogP contribution in [0.2, 0.25) is 0 Å². The average molecular weight is 285 g/mol. The van der Waals surface area contributed by atoms with Crippen LogP contribution in [0.15, 0.2) is 36.9 Å². The van der Waals surface area contributed by atoms with E-state index in [9.17, 15) is 4.79 Å². The van der Waals surface area contributed by atoms with Crippen molar-refractivity contribution in [2.24, 2.45) is 5.92 Å². The minimum Gasteiger partial charge on any atom is -0.324 e. The second-order valence-electron chi connectivity index (χ2n) is 5.30. The first-order valence-corrected chi connectivity index (χ1v) is 7.27. The lowest BCUT2D eigenvalue weighted by atomic mass is 10.0. The second kappa shape index (κ2) is 6.49. The summed E-state index contributed by atoms with van der Waals surface area (Å²) in [5.41, 5.74) is 1.59. The Balaban J connectivity index is 1.63. The molecule has 0 bridgehead atoms. The standard InChI is InChI=1S/C15H19N5O/c21-15(6-5-12-7-8-16-9-12)19-13-3-1-2-4-14(13)20-11-17-10-18-20/h1-4,10-12,16H,5-9H2,(H,19,21). The lowest BCUT2D eigenvalue weighted by Gasteiger charge is -2.12. The van der Waals surface area contributed by atoms with Crippen LogP contribution in [0.25, 0.3) is 5.69 Å². The van der Waals surface area contributed by atoms with E-state index in [-0.39, 0.29) is 5.91 Å². The summed E-state index contributed by atoms with van der Waals surface area (Å²) in [6, 6.07) is 7.60. The van der Waals surface area contributed by atoms with Gasteiger partial charge in [-0.2, -0.15) is 5.10 Å². The van der Waals surface area contributed by atoms with Gasteiger partial charge < -0.3 is 10.6 Å². The first kappa shape index (κ1) is 13.8. The number of carbonyl (C=O) groups excluding carboxylic acids is 1. The minimum absolute atomic E-state index is 0.0504. The van der Waals surface area contributed by atoms with Gasteiger partial charge in [0.05, 0.1) is 11.4 Å². The number of anilines is 1. The molecule has 1 aliphatic heterocycles. The molecule has 0 saturated carbocycles. The smallest absolute Gasteiger partial charge is 0.224 e. The summed E-state index contributed by atoms with van der Waals surface area (Å²) >= 11 is 0. The molecular weight excluding hydrogens is 266 g/mol. The van der Waals surface area contributed by atoms with Gasteiger partial charge in [-0.25, -0.2) is 9.67 Å². The molecule has 3 rings (SSSR count). The molecule has 2 heterocycles. The maximum absolute atomic E-state index is 12.1. The van der Waals surface area contributed by atoms with Crippen LogP contribution >= 0.6 is 0 Å². The van der Waals surface area contributed by atoms with E-state index in [1.54, 1.807) is 11.0 Å². The molecule has 1 aromatic heterocycles. The monoisotopic (exact) mass is 285 g/mol. The molecule has 1 atom stereocenters. The summed E-state index contributed by atoms with van der Waals surface area (Å²) in [7, 11) is 0. The molecule has 6 heteroatoms. The van der Waals surface area contributed by atoms with Gasteiger partial charge in [-0.15, -0.1) is 0 Å². The van der Waals surface area contributed by atoms with Gasteiger partial charge in [0.1, 0.15) is 12.7 Å². The van der Waals surface area contributed by atoms with Gasteiger partial charge in [0.25, 0.3) is 0 Å². The third kappa shape index (κ3) is 3.46. The average Bonchev–Trinajstić information content (AvgIpc) is 3.19. The Morgan fingerprint density at radius 1 is 1.43 bits per heavy atom. The maximum atomic E-state index is 12.1. The van der Waals surface area contributed by atoms with Crippen LogP contribution in [0.3, 0.4) is 0 Å². The predicted molar refractivity (Wildman–Crippen MR) is 80.2 cm³/mol. The molecule has 1 aromatic carbocycles. The van der Waals surface area contributed by atoms with E-state index >= 15 is 0 Å². The van der Waals surface area contributed by atoms with Crippen molar-refractivity contribution in [3.05, 3.63) is 36.9 Å². The third-order valence-electron chi connectivity index (χ3n) is 3.79. The molecule has 2 aromatic rings. The topological polar surface area (TPSA) is 71.8 Å². The zero-order chi connectivity index (χ0) is 14.5. The fourth-order valence-electron chi connectivity index (χ4n) is 2.62. The number of para-hydroxylation sites is 2. The molecule has 1 saturated heterocycles. The quantitative estimate of drug-likeness (QED) is 0.875. The van der Waals surface area contributed by atoms with Crippen molar-refractivity contribution in [2.45, 2.75) is 19.3 Å². The number of benzene rings is 1. The van der Waals surface area contributed by atoms with Crippen LogP contribution in [0.5, 0.6) is 0 Å². The van der Waals surface area contributed by atoms with Crippen LogP contribution in [0, 0.1) is 5.92 Å². The van der Waals surface area contributed by atoms with Gasteiger partial charge >= 0.3 is 0 Å². The molecule has 1 aliphatic rings. The first-order chi connectivity index (χ1) is 10.3. The van der Waals surface area contributed by atoms with Crippen molar-refractivity contribution in [3.63, 3.8) is 0 Å². The molecule has 2 N–H and O–H groups in total. The normalized spacial score (nSPS) is 17.8. The van der Waals surface area contributed by atoms with Gasteiger partial charge in [0.2, 0.25) is 5.91 Å². The first-order valence-electron chi connectivity index (χ1n) is 7.27. The van der Waals surface area contributed by atoms with E-state index in [1.807, 2.05) is 24.3 Å². The van der Waals surface area contributed by atoms with Crippen LogP contribution in [-0.4, -0.2) is 33.8 Å². The third-order valence-corrected chi connectivity index (χ3v) is 3.79. The van der Waals surface area contributed by atoms with E-state index < -0.39 is 0 Å². The number of carbonyl (C=O) groups is 1. The number of amides is 1. The highest BCUT2D eigenvalue weighted by molar-refractivity contribution is 5.92. The minimum atomic E-state index is 0.0504. The van der Waals surface area contributed by atoms with Crippen molar-refractivity contribution >= 4 is 11.6 Å². The summed E-state index contributed by atoms with van der Waals surface area (Å²) in [4.78, 5) is 16.1. The maximum Gasteiger partial charge on any atom is 0.224 e. The SMILES string of the molecule is O=C(CCC1CCNC1)Nc1ccccc1-n1cncn1. The summed E-state index contributed by atoms with van der Waals surface area (Å²) in [6.07, 6.45) is 5.76. The van der Waals surface area contributed by atoms with Crippen molar-refractivity contribution < 1.29 is 4.79 Å². The highest BCUT2D eigenvalue weighted by Crippen LogP contribution is 2.20. The van der Waals surface area contributed by atoms with E-state index in [4.69, 9.17) is 0 Å². The van der Waals surface area contributed by atoms with Crippen molar-refractivity contribution in [1.29, 1.82) is 0 Å². The fourth-order valence-corrected chi connectivity index (χ4v) is 2.62. The van der Waals surface area contributed by atoms with Crippen LogP contribution < -0.4 is 10.6 Å². The Kier molecular flexibility index (Phi) is 4.25. The van der Waals surface area contributed by atoms with E-state index in [2.05, 4.69) is 20.7 Å². The number of nitrogens with zero attached hydrogens (tertiary/aromatic N) is 3. The van der Waals surface area contributed by atoms with Crippen molar-refractivity contribution in [1.82, 2.24) is 20.1 Å². The van der Waals surface area contributed by atoms with Gasteiger partial charge in [0, 0.05) is 6.42 Å². The molecule has 0 radical (unpaired) electrons. The molecule has 6 nitrogen and oxygen atoms in total. The Bertz CT molecular complexity index is 590. The second-order valence-corrected chi connectivity index (χ2v) is 5.30. The van der Waals surface area contributed by atoms with E-state index in [0.717, 1.165) is 30.9 Å². The summed E-state index contributed by atoms with van der Waals surface area (Å²) < 4.78 is 1.65. The molecule has 21 heavy (non-hydrogen) atoms. The lowest BCUT2D eigenvalue weighted by molar-refractivity contribution is -0.116. The van der Waals surface area contributed by atoms with E-state index in [1.165, 1.54) is 12.7 Å². The summed E-state index contributed by atoms with van der Waals surface area (Å²) in [5.74, 6) is 0.677. The molecule has 1 amide bonds. The fraction of sp³-hybridized carbons (Fsp3) is 0.400. The zero-order valence-corrected chi connectivity index (χ0v) is 11.8. The molecule has 110 valence electrons. The Labute approximate surface area is 123 Å². The molecule has 0 aliphatic carbocycles. The molecule has 0 spiro atoms. The number of nitrogens with one attached hydrogen (secondary N) is 2. The van der Waals surface area contributed by atoms with Crippen LogP contribution in [-0.2, 0) is 4.79 Å². The number of aromatic nitrogens is 3. The van der Waals surface area contributed by atoms with Gasteiger partial charge in [-0.3, -0.25) is 4.79 Å². The Morgan fingerprint density at radius 2 is 2.33 bits per heavy atom. The zero-order valence-electron chi connectivity index (χ0n) is 11.8. The molecule has 1 unspecified atom stereocenters. The molecule has 1 fully saturated rings. The number of hydrogen-bond donors (Lipinski definition) is 2. The largest absolute Gasteiger partial charge is 0.324 e. The van der Waals surface area contributed by atoms with Crippen LogP contribution in [0.4, 0.5) is 5.69 Å². The van der Waals surface area contributed by atoms with Gasteiger partial charge in [-0.1, -0.05) is 12.1 Å². The van der Waals surface area contributed by atoms with Crippen molar-refractivity contribution in [3.8, 4) is 5.69 Å². The number of hydrogen-bond acceptors (Lipinski definition) is 4.